The first-order valence-corrected chi connectivity index (χ1v) is 13.4. The topological polar surface area (TPSA) is 121 Å². The Kier molecular flexibility index (Phi) is 10.9. The molecule has 0 spiro atoms. The zero-order valence-electron chi connectivity index (χ0n) is 22.7. The van der Waals surface area contributed by atoms with Crippen molar-refractivity contribution < 1.29 is 24.5 Å². The van der Waals surface area contributed by atoms with Crippen LogP contribution in [0.1, 0.15) is 57.7 Å². The lowest BCUT2D eigenvalue weighted by Crippen LogP contribution is -2.37. The Morgan fingerprint density at radius 3 is 2.46 bits per heavy atom. The number of unbranched alkanes of at least 4 members (excludes halogenated alkanes) is 1. The molecule has 0 bridgehead atoms. The van der Waals surface area contributed by atoms with E-state index < -0.39 is 24.2 Å². The highest BCUT2D eigenvalue weighted by molar-refractivity contribution is 6.01. The van der Waals surface area contributed by atoms with Gasteiger partial charge in [-0.3, -0.25) is 0 Å². The van der Waals surface area contributed by atoms with Gasteiger partial charge in [-0.05, 0) is 69.5 Å². The van der Waals surface area contributed by atoms with Crippen molar-refractivity contribution >= 4 is 22.9 Å². The number of para-hydroxylation sites is 1. The van der Waals surface area contributed by atoms with E-state index in [1.165, 1.54) is 12.1 Å². The molecule has 39 heavy (non-hydrogen) atoms. The Balaban J connectivity index is 1.77. The second-order valence-corrected chi connectivity index (χ2v) is 10.2. The van der Waals surface area contributed by atoms with E-state index in [2.05, 4.69) is 30.3 Å². The van der Waals surface area contributed by atoms with Crippen molar-refractivity contribution in [3.05, 3.63) is 78.4 Å². The van der Waals surface area contributed by atoms with Crippen molar-refractivity contribution in [2.24, 2.45) is 5.73 Å². The number of fused-ring (bicyclic) bond motifs is 1. The smallest absolute Gasteiger partial charge is 0.326 e. The van der Waals surface area contributed by atoms with Gasteiger partial charge >= 0.3 is 5.97 Å². The number of nitrogens with one attached hydrogen (secondary N) is 1. The maximum Gasteiger partial charge on any atom is 0.326 e. The van der Waals surface area contributed by atoms with Crippen LogP contribution in [0.5, 0.6) is 0 Å². The molecule has 7 nitrogen and oxygen atoms in total. The average Bonchev–Trinajstić information content (AvgIpc) is 3.21. The van der Waals surface area contributed by atoms with Crippen LogP contribution in [0.15, 0.2) is 66.9 Å². The summed E-state index contributed by atoms with van der Waals surface area (Å²) in [6.07, 6.45) is 3.60. The third-order valence-corrected chi connectivity index (χ3v) is 6.69. The van der Waals surface area contributed by atoms with Crippen LogP contribution in [0, 0.1) is 5.82 Å². The van der Waals surface area contributed by atoms with Gasteiger partial charge in [-0.2, -0.15) is 0 Å². The van der Waals surface area contributed by atoms with Crippen LogP contribution in [-0.4, -0.2) is 50.7 Å². The first-order chi connectivity index (χ1) is 18.6. The van der Waals surface area contributed by atoms with E-state index in [1.807, 2.05) is 30.3 Å². The number of nitrogens with zero attached hydrogens (tertiary/aromatic N) is 1. The second-order valence-electron chi connectivity index (χ2n) is 10.2. The molecule has 0 amide bonds. The molecule has 0 radical (unpaired) electrons. The van der Waals surface area contributed by atoms with Crippen molar-refractivity contribution in [3.63, 3.8) is 0 Å². The number of rotatable bonds is 15. The molecule has 1 aromatic heterocycles. The zero-order valence-corrected chi connectivity index (χ0v) is 22.7. The van der Waals surface area contributed by atoms with Gasteiger partial charge in [0.05, 0.1) is 12.2 Å². The largest absolute Gasteiger partial charge is 0.480 e. The Morgan fingerprint density at radius 2 is 1.82 bits per heavy atom. The number of halogens is 1. The molecule has 8 heteroatoms. The highest BCUT2D eigenvalue weighted by Crippen LogP contribution is 2.38. The quantitative estimate of drug-likeness (QED) is 0.169. The Morgan fingerprint density at radius 1 is 1.13 bits per heavy atom. The Labute approximate surface area is 229 Å². The van der Waals surface area contributed by atoms with E-state index in [9.17, 15) is 24.5 Å². The lowest BCUT2D eigenvalue weighted by molar-refractivity contribution is -0.139. The lowest BCUT2D eigenvalue weighted by Gasteiger charge is -2.20. The molecule has 1 heterocycles. The number of aliphatic hydroxyl groups is 2. The molecular weight excluding hydrogens is 497 g/mol. The fraction of sp³-hybridized carbons (Fsp3) is 0.387. The highest BCUT2D eigenvalue weighted by Gasteiger charge is 2.21. The lowest BCUT2D eigenvalue weighted by atomic mass is 10.0. The molecule has 3 atom stereocenters. The number of aliphatic hydroxyl groups excluding tert-OH is 2. The van der Waals surface area contributed by atoms with Crippen molar-refractivity contribution in [3.8, 4) is 11.1 Å². The fourth-order valence-electron chi connectivity index (χ4n) is 4.91. The fourth-order valence-corrected chi connectivity index (χ4v) is 4.91. The number of benzene rings is 2. The predicted molar refractivity (Wildman–Crippen MR) is 155 cm³/mol. The minimum atomic E-state index is -0.983. The van der Waals surface area contributed by atoms with Crippen molar-refractivity contribution in [1.82, 2.24) is 9.88 Å². The summed E-state index contributed by atoms with van der Waals surface area (Å²) < 4.78 is 15.9. The van der Waals surface area contributed by atoms with E-state index in [-0.39, 0.29) is 24.7 Å². The molecule has 0 saturated heterocycles. The van der Waals surface area contributed by atoms with Gasteiger partial charge in [-0.15, -0.1) is 0 Å². The summed E-state index contributed by atoms with van der Waals surface area (Å²) in [6.45, 7) is 8.53. The number of carboxylic acids is 1. The van der Waals surface area contributed by atoms with Crippen LogP contribution in [0.2, 0.25) is 0 Å². The third-order valence-electron chi connectivity index (χ3n) is 6.69. The van der Waals surface area contributed by atoms with Gasteiger partial charge in [0.2, 0.25) is 0 Å². The van der Waals surface area contributed by atoms with Gasteiger partial charge < -0.3 is 30.9 Å². The summed E-state index contributed by atoms with van der Waals surface area (Å²) in [5.74, 6) is -1.29. The average molecular weight is 538 g/mol. The Hall–Kier alpha value is -3.46. The van der Waals surface area contributed by atoms with Gasteiger partial charge in [0.25, 0.3) is 0 Å². The summed E-state index contributed by atoms with van der Waals surface area (Å²) in [6, 6.07) is 13.7. The molecule has 210 valence electrons. The van der Waals surface area contributed by atoms with Gasteiger partial charge in [-0.25, -0.2) is 9.18 Å². The second kappa shape index (κ2) is 14.1. The molecule has 6 N–H and O–H groups in total. The van der Waals surface area contributed by atoms with Crippen molar-refractivity contribution in [1.29, 1.82) is 0 Å². The third kappa shape index (κ3) is 8.02. The minimum Gasteiger partial charge on any atom is -0.480 e. The summed E-state index contributed by atoms with van der Waals surface area (Å²) in [7, 11) is 0. The normalized spacial score (nSPS) is 14.1. The summed E-state index contributed by atoms with van der Waals surface area (Å²) in [5.41, 5.74) is 9.60. The predicted octanol–water partition coefficient (Wildman–Crippen LogP) is 5.23. The molecular formula is C31H40FN3O4. The van der Waals surface area contributed by atoms with Crippen LogP contribution < -0.4 is 11.1 Å². The molecule has 0 fully saturated rings. The molecule has 1 unspecified atom stereocenters. The molecule has 3 rings (SSSR count). The number of aliphatic carboxylic acids is 1. The van der Waals surface area contributed by atoms with E-state index in [1.54, 1.807) is 18.2 Å². The van der Waals surface area contributed by atoms with Crippen LogP contribution in [0.3, 0.4) is 0 Å². The summed E-state index contributed by atoms with van der Waals surface area (Å²) in [4.78, 5) is 11.5. The van der Waals surface area contributed by atoms with Gasteiger partial charge in [0, 0.05) is 46.7 Å². The number of hydrogen-bond donors (Lipinski definition) is 5. The number of nitrogens with two attached hydrogens (primary N) is 1. The molecule has 0 saturated carbocycles. The number of carbonyl (C=O) groups is 1. The maximum absolute atomic E-state index is 13.7. The molecule has 3 aromatic rings. The molecule has 2 aromatic carbocycles. The van der Waals surface area contributed by atoms with Crippen LogP contribution >= 0.6 is 0 Å². The molecule has 0 aliphatic carbocycles. The highest BCUT2D eigenvalue weighted by atomic mass is 19.1. The van der Waals surface area contributed by atoms with Gasteiger partial charge in [-0.1, -0.05) is 43.0 Å². The van der Waals surface area contributed by atoms with Gasteiger partial charge in [0.15, 0.2) is 0 Å². The number of aromatic nitrogens is 1. The van der Waals surface area contributed by atoms with Crippen molar-refractivity contribution in [2.75, 3.05) is 6.54 Å². The van der Waals surface area contributed by atoms with Crippen LogP contribution in [-0.2, 0) is 4.79 Å². The minimum absolute atomic E-state index is 0.0515. The van der Waals surface area contributed by atoms with Crippen molar-refractivity contribution in [2.45, 2.75) is 70.2 Å². The number of hydrogen-bond acceptors (Lipinski definition) is 5. The molecule has 0 aliphatic heterocycles. The summed E-state index contributed by atoms with van der Waals surface area (Å²) >= 11 is 0. The number of carboxylic acid groups (broad SMARTS) is 1. The van der Waals surface area contributed by atoms with Crippen LogP contribution in [0.4, 0.5) is 4.39 Å². The standard InChI is InChI=1S/C31H40FN3O4/c1-20(2)35-28-10-5-4-8-26(28)30(22-11-13-23(32)14-12-22)29(35)16-15-24(36)19-25(37)18-21(3)34-27(31(38)39)9-6-7-17-33/h4-5,8,10-16,20,24-25,27,34,36-37H,3,6-7,9,17-19,33H2,1-2H3,(H,38,39)/b16-15+/t24-,25+,27?/m0/s1. The summed E-state index contributed by atoms with van der Waals surface area (Å²) in [5, 5.41) is 34.7. The van der Waals surface area contributed by atoms with E-state index in [0.29, 0.717) is 25.1 Å². The zero-order chi connectivity index (χ0) is 28.5. The maximum atomic E-state index is 13.7. The van der Waals surface area contributed by atoms with Gasteiger partial charge in [0.1, 0.15) is 11.9 Å². The van der Waals surface area contributed by atoms with E-state index in [0.717, 1.165) is 34.1 Å². The first kappa shape index (κ1) is 30.1. The Bertz CT molecular complexity index is 1280. The van der Waals surface area contributed by atoms with E-state index >= 15 is 0 Å². The van der Waals surface area contributed by atoms with Crippen LogP contribution in [0.25, 0.3) is 28.1 Å². The molecule has 0 aliphatic rings. The monoisotopic (exact) mass is 537 g/mol. The first-order valence-electron chi connectivity index (χ1n) is 13.4. The van der Waals surface area contributed by atoms with E-state index in [4.69, 9.17) is 5.73 Å². The SMILES string of the molecule is C=C(C[C@@H](O)C[C@@H](O)/C=C/c1c(-c2ccc(F)cc2)c2ccccc2n1C(C)C)NC(CCCCN)C(=O)O.